The molecular formula is C27H29N5O3. The summed E-state index contributed by atoms with van der Waals surface area (Å²) in [6, 6.07) is 18.0. The Bertz CT molecular complexity index is 1180. The molecule has 2 aromatic carbocycles. The molecule has 0 bridgehead atoms. The minimum absolute atomic E-state index is 0.0797. The maximum Gasteiger partial charge on any atom is 0.227 e. The fourth-order valence-corrected chi connectivity index (χ4v) is 4.31. The van der Waals surface area contributed by atoms with E-state index in [0.29, 0.717) is 36.6 Å². The number of anilines is 2. The molecule has 0 unspecified atom stereocenters. The van der Waals surface area contributed by atoms with Crippen LogP contribution in [-0.2, 0) is 16.0 Å². The number of ether oxygens (including phenoxy) is 3. The molecule has 2 saturated heterocycles. The molecule has 0 aliphatic carbocycles. The van der Waals surface area contributed by atoms with Crippen molar-refractivity contribution in [3.05, 3.63) is 65.9 Å². The van der Waals surface area contributed by atoms with Gasteiger partial charge in [0.2, 0.25) is 5.95 Å². The fraction of sp³-hybridized carbons (Fsp3) is 0.370. The third-order valence-electron chi connectivity index (χ3n) is 6.39. The van der Waals surface area contributed by atoms with Gasteiger partial charge in [0.25, 0.3) is 0 Å². The molecule has 8 nitrogen and oxygen atoms in total. The Morgan fingerprint density at radius 3 is 2.63 bits per heavy atom. The van der Waals surface area contributed by atoms with Gasteiger partial charge >= 0.3 is 0 Å². The highest BCUT2D eigenvalue weighted by Gasteiger charge is 2.25. The number of hydrogen-bond acceptors (Lipinski definition) is 8. The third-order valence-corrected chi connectivity index (χ3v) is 6.39. The lowest BCUT2D eigenvalue weighted by Crippen LogP contribution is -2.50. The normalized spacial score (nSPS) is 16.9. The van der Waals surface area contributed by atoms with Gasteiger partial charge in [-0.3, -0.25) is 4.90 Å². The Morgan fingerprint density at radius 2 is 1.89 bits per heavy atom. The van der Waals surface area contributed by atoms with Gasteiger partial charge in [0.1, 0.15) is 17.9 Å². The summed E-state index contributed by atoms with van der Waals surface area (Å²) in [6.45, 7) is 4.26. The van der Waals surface area contributed by atoms with Gasteiger partial charge in [-0.2, -0.15) is 5.26 Å². The first-order valence-corrected chi connectivity index (χ1v) is 11.9. The molecule has 3 aromatic rings. The summed E-state index contributed by atoms with van der Waals surface area (Å²) in [5.74, 6) is 1.11. The zero-order chi connectivity index (χ0) is 24.0. The molecule has 0 spiro atoms. The number of nitrogens with one attached hydrogen (secondary N) is 1. The molecule has 5 rings (SSSR count). The predicted octanol–water partition coefficient (Wildman–Crippen LogP) is 4.15. The highest BCUT2D eigenvalue weighted by molar-refractivity contribution is 5.65. The van der Waals surface area contributed by atoms with Crippen molar-refractivity contribution < 1.29 is 14.2 Å². The predicted molar refractivity (Wildman–Crippen MR) is 132 cm³/mol. The third kappa shape index (κ3) is 5.77. The molecule has 3 heterocycles. The first kappa shape index (κ1) is 23.2. The molecule has 2 fully saturated rings. The van der Waals surface area contributed by atoms with E-state index in [1.165, 1.54) is 5.56 Å². The van der Waals surface area contributed by atoms with Gasteiger partial charge in [-0.15, -0.1) is 0 Å². The lowest BCUT2D eigenvalue weighted by Gasteiger charge is -2.38. The molecule has 0 radical (unpaired) electrons. The molecule has 0 amide bonds. The van der Waals surface area contributed by atoms with E-state index in [4.69, 9.17) is 14.2 Å². The van der Waals surface area contributed by atoms with Crippen LogP contribution < -0.4 is 10.1 Å². The van der Waals surface area contributed by atoms with Crippen LogP contribution >= 0.6 is 0 Å². The van der Waals surface area contributed by atoms with Crippen molar-refractivity contribution in [1.82, 2.24) is 14.9 Å². The summed E-state index contributed by atoms with van der Waals surface area (Å²) in [5, 5.41) is 13.0. The van der Waals surface area contributed by atoms with Crippen molar-refractivity contribution >= 4 is 11.6 Å². The van der Waals surface area contributed by atoms with Crippen LogP contribution in [0.2, 0.25) is 0 Å². The topological polar surface area (TPSA) is 92.5 Å². The zero-order valence-corrected chi connectivity index (χ0v) is 19.8. The molecule has 1 aromatic heterocycles. The monoisotopic (exact) mass is 471 g/mol. The maximum atomic E-state index is 9.68. The maximum absolute atomic E-state index is 9.68. The first-order valence-electron chi connectivity index (χ1n) is 11.9. The van der Waals surface area contributed by atoms with Gasteiger partial charge in [0.15, 0.2) is 0 Å². The van der Waals surface area contributed by atoms with Gasteiger partial charge in [-0.25, -0.2) is 9.97 Å². The van der Waals surface area contributed by atoms with E-state index in [1.54, 1.807) is 13.3 Å². The average Bonchev–Trinajstić information content (AvgIpc) is 2.88. The van der Waals surface area contributed by atoms with Crippen LogP contribution in [0.4, 0.5) is 11.6 Å². The van der Waals surface area contributed by atoms with E-state index in [2.05, 4.69) is 38.4 Å². The van der Waals surface area contributed by atoms with Crippen LogP contribution in [0.1, 0.15) is 24.0 Å². The zero-order valence-electron chi connectivity index (χ0n) is 19.8. The molecule has 2 aliphatic heterocycles. The van der Waals surface area contributed by atoms with Crippen LogP contribution in [0, 0.1) is 11.3 Å². The Hall–Kier alpha value is -3.51. The van der Waals surface area contributed by atoms with Crippen LogP contribution in [0.5, 0.6) is 5.75 Å². The molecule has 1 N–H and O–H groups in total. The molecular weight excluding hydrogens is 442 g/mol. The molecule has 35 heavy (non-hydrogen) atoms. The number of benzene rings is 2. The van der Waals surface area contributed by atoms with E-state index >= 15 is 0 Å². The first-order chi connectivity index (χ1) is 17.2. The lowest BCUT2D eigenvalue weighted by molar-refractivity contribution is -0.0333. The van der Waals surface area contributed by atoms with E-state index in [-0.39, 0.29) is 6.10 Å². The summed E-state index contributed by atoms with van der Waals surface area (Å²) >= 11 is 0. The molecule has 180 valence electrons. The minimum atomic E-state index is 0.0797. The molecule has 8 heteroatoms. The van der Waals surface area contributed by atoms with Crippen molar-refractivity contribution in [3.63, 3.8) is 0 Å². The second-order valence-electron chi connectivity index (χ2n) is 8.89. The number of rotatable bonds is 8. The van der Waals surface area contributed by atoms with E-state index in [1.807, 2.05) is 36.4 Å². The van der Waals surface area contributed by atoms with E-state index in [0.717, 1.165) is 49.4 Å². The van der Waals surface area contributed by atoms with Gasteiger partial charge in [-0.05, 0) is 42.0 Å². The highest BCUT2D eigenvalue weighted by Crippen LogP contribution is 2.28. The van der Waals surface area contributed by atoms with Gasteiger partial charge < -0.3 is 19.5 Å². The summed E-state index contributed by atoms with van der Waals surface area (Å²) in [7, 11) is 1.76. The largest absolute Gasteiger partial charge is 0.489 e. The summed E-state index contributed by atoms with van der Waals surface area (Å²) in [4.78, 5) is 11.4. The molecule has 2 aliphatic rings. The quantitative estimate of drug-likeness (QED) is 0.524. The van der Waals surface area contributed by atoms with Crippen LogP contribution in [0.3, 0.4) is 0 Å². The average molecular weight is 472 g/mol. The van der Waals surface area contributed by atoms with Gasteiger partial charge in [-0.1, -0.05) is 12.1 Å². The number of methoxy groups -OCH3 is 1. The Labute approximate surface area is 205 Å². The van der Waals surface area contributed by atoms with Crippen molar-refractivity contribution in [1.29, 1.82) is 5.26 Å². The van der Waals surface area contributed by atoms with Crippen molar-refractivity contribution in [3.8, 4) is 23.1 Å². The summed E-state index contributed by atoms with van der Waals surface area (Å²) < 4.78 is 16.8. The van der Waals surface area contributed by atoms with Crippen molar-refractivity contribution in [2.75, 3.05) is 38.7 Å². The van der Waals surface area contributed by atoms with Crippen LogP contribution in [0.25, 0.3) is 11.3 Å². The summed E-state index contributed by atoms with van der Waals surface area (Å²) in [6.07, 6.45) is 3.83. The second-order valence-corrected chi connectivity index (χ2v) is 8.89. The number of nitrogens with zero attached hydrogens (tertiary/aromatic N) is 4. The fourth-order valence-electron chi connectivity index (χ4n) is 4.31. The number of aromatic nitrogens is 2. The Kier molecular flexibility index (Phi) is 7.19. The van der Waals surface area contributed by atoms with E-state index < -0.39 is 0 Å². The molecule has 0 atom stereocenters. The van der Waals surface area contributed by atoms with Crippen molar-refractivity contribution in [2.45, 2.75) is 31.6 Å². The van der Waals surface area contributed by atoms with Crippen molar-refractivity contribution in [2.24, 2.45) is 0 Å². The number of hydrogen-bond donors (Lipinski definition) is 1. The van der Waals surface area contributed by atoms with Gasteiger partial charge in [0, 0.05) is 57.0 Å². The minimum Gasteiger partial charge on any atom is -0.489 e. The Balaban J connectivity index is 1.24. The number of nitriles is 1. The second kappa shape index (κ2) is 10.8. The Morgan fingerprint density at radius 1 is 1.09 bits per heavy atom. The van der Waals surface area contributed by atoms with E-state index in [9.17, 15) is 5.26 Å². The summed E-state index contributed by atoms with van der Waals surface area (Å²) in [5.41, 5.74) is 4.25. The smallest absolute Gasteiger partial charge is 0.227 e. The molecule has 0 saturated carbocycles. The lowest BCUT2D eigenvalue weighted by atomic mass is 10.1. The highest BCUT2D eigenvalue weighted by atomic mass is 16.5. The van der Waals surface area contributed by atoms with Gasteiger partial charge in [0.05, 0.1) is 30.6 Å². The number of likely N-dealkylation sites (tertiary alicyclic amines) is 1. The SMILES string of the molecule is COC1CN(Cc2ccc(Nc3nccc(-c4ccc(OC5CCOCC5)c(C#N)c4)n3)cc2)C1. The standard InChI is InChI=1S/C27H29N5O3/c1-33-24-17-32(18-24)16-19-2-5-22(6-3-19)30-27-29-11-8-25(31-27)20-4-7-26(21(14-20)15-28)35-23-9-12-34-13-10-23/h2-8,11,14,23-24H,9-10,12-13,16-18H2,1H3,(H,29,30,31). The van der Waals surface area contributed by atoms with Crippen LogP contribution in [-0.4, -0.2) is 60.5 Å². The van der Waals surface area contributed by atoms with Crippen LogP contribution in [0.15, 0.2) is 54.7 Å².